The van der Waals surface area contributed by atoms with Gasteiger partial charge in [0.1, 0.15) is 0 Å². The van der Waals surface area contributed by atoms with Crippen molar-refractivity contribution in [2.75, 3.05) is 0 Å². The Bertz CT molecular complexity index is 409. The third-order valence-corrected chi connectivity index (χ3v) is 2.46. The average molecular weight is 222 g/mol. The Hall–Kier alpha value is -1.84. The van der Waals surface area contributed by atoms with Gasteiger partial charge in [-0.15, -0.1) is 0 Å². The highest BCUT2D eigenvalue weighted by Crippen LogP contribution is 2.27. The fourth-order valence-corrected chi connectivity index (χ4v) is 1.74. The van der Waals surface area contributed by atoms with Gasteiger partial charge < -0.3 is 10.2 Å². The molecule has 0 aliphatic rings. The summed E-state index contributed by atoms with van der Waals surface area (Å²) in [6.07, 6.45) is 0. The summed E-state index contributed by atoms with van der Waals surface area (Å²) < 4.78 is 0. The lowest BCUT2D eigenvalue weighted by molar-refractivity contribution is -0.139. The highest BCUT2D eigenvalue weighted by molar-refractivity contribution is 5.92. The third kappa shape index (κ3) is 2.39. The van der Waals surface area contributed by atoms with E-state index in [1.54, 1.807) is 32.0 Å². The van der Waals surface area contributed by atoms with Gasteiger partial charge in [-0.05, 0) is 17.5 Å². The summed E-state index contributed by atoms with van der Waals surface area (Å²) in [6, 6.07) is 6.23. The first-order chi connectivity index (χ1) is 7.45. The van der Waals surface area contributed by atoms with E-state index < -0.39 is 17.9 Å². The largest absolute Gasteiger partial charge is 0.481 e. The fourth-order valence-electron chi connectivity index (χ4n) is 1.74. The second-order valence-electron chi connectivity index (χ2n) is 3.95. The second kappa shape index (κ2) is 4.79. The van der Waals surface area contributed by atoms with Crippen molar-refractivity contribution >= 4 is 11.9 Å². The predicted octanol–water partition coefficient (Wildman–Crippen LogP) is 2.21. The van der Waals surface area contributed by atoms with Gasteiger partial charge in [0, 0.05) is 0 Å². The van der Waals surface area contributed by atoms with Crippen molar-refractivity contribution < 1.29 is 19.8 Å². The molecule has 4 nitrogen and oxygen atoms in total. The molecule has 0 spiro atoms. The predicted molar refractivity (Wildman–Crippen MR) is 58.6 cm³/mol. The molecule has 86 valence electrons. The first kappa shape index (κ1) is 12.2. The molecule has 0 unspecified atom stereocenters. The smallest absolute Gasteiger partial charge is 0.335 e. The number of rotatable bonds is 4. The van der Waals surface area contributed by atoms with Crippen LogP contribution >= 0.6 is 0 Å². The molecule has 1 aromatic rings. The molecular formula is C12H14O4. The summed E-state index contributed by atoms with van der Waals surface area (Å²) in [5, 5.41) is 18.1. The molecule has 0 fully saturated rings. The van der Waals surface area contributed by atoms with E-state index in [0.717, 1.165) is 0 Å². The summed E-state index contributed by atoms with van der Waals surface area (Å²) >= 11 is 0. The Morgan fingerprint density at radius 3 is 2.12 bits per heavy atom. The maximum absolute atomic E-state index is 11.1. The van der Waals surface area contributed by atoms with Crippen molar-refractivity contribution in [1.82, 2.24) is 0 Å². The van der Waals surface area contributed by atoms with E-state index in [4.69, 9.17) is 10.2 Å². The van der Waals surface area contributed by atoms with Gasteiger partial charge in [0.05, 0.1) is 11.5 Å². The van der Waals surface area contributed by atoms with Crippen molar-refractivity contribution in [3.8, 4) is 0 Å². The minimum atomic E-state index is -1.09. The van der Waals surface area contributed by atoms with Crippen LogP contribution < -0.4 is 0 Å². The minimum absolute atomic E-state index is 0.0589. The molecule has 1 rings (SSSR count). The van der Waals surface area contributed by atoms with Crippen molar-refractivity contribution in [3.63, 3.8) is 0 Å². The minimum Gasteiger partial charge on any atom is -0.481 e. The maximum atomic E-state index is 11.1. The molecular weight excluding hydrogens is 208 g/mol. The van der Waals surface area contributed by atoms with E-state index in [1.165, 1.54) is 6.07 Å². The quantitative estimate of drug-likeness (QED) is 0.819. The van der Waals surface area contributed by atoms with Gasteiger partial charge in [0.2, 0.25) is 0 Å². The number of aliphatic carboxylic acids is 1. The Morgan fingerprint density at radius 1 is 1.12 bits per heavy atom. The van der Waals surface area contributed by atoms with Crippen LogP contribution in [0.5, 0.6) is 0 Å². The van der Waals surface area contributed by atoms with Gasteiger partial charge in [-0.3, -0.25) is 4.79 Å². The van der Waals surface area contributed by atoms with Gasteiger partial charge in [0.15, 0.2) is 0 Å². The topological polar surface area (TPSA) is 74.6 Å². The Balaban J connectivity index is 3.29. The van der Waals surface area contributed by atoms with Gasteiger partial charge >= 0.3 is 11.9 Å². The third-order valence-electron chi connectivity index (χ3n) is 2.46. The number of carbonyl (C=O) groups is 2. The molecule has 0 amide bonds. The lowest BCUT2D eigenvalue weighted by atomic mass is 9.86. The van der Waals surface area contributed by atoms with Crippen LogP contribution in [0.25, 0.3) is 0 Å². The summed E-state index contributed by atoms with van der Waals surface area (Å²) in [5.41, 5.74) is 0.418. The van der Waals surface area contributed by atoms with Crippen LogP contribution in [0.4, 0.5) is 0 Å². The molecule has 16 heavy (non-hydrogen) atoms. The van der Waals surface area contributed by atoms with Crippen molar-refractivity contribution in [2.45, 2.75) is 19.8 Å². The lowest BCUT2D eigenvalue weighted by Crippen LogP contribution is -2.20. The zero-order valence-electron chi connectivity index (χ0n) is 9.18. The van der Waals surface area contributed by atoms with E-state index in [0.29, 0.717) is 5.56 Å². The Morgan fingerprint density at radius 2 is 1.69 bits per heavy atom. The van der Waals surface area contributed by atoms with Crippen LogP contribution in [-0.4, -0.2) is 22.2 Å². The normalized spacial score (nSPS) is 12.4. The first-order valence-electron chi connectivity index (χ1n) is 5.00. The van der Waals surface area contributed by atoms with Crippen LogP contribution in [0.3, 0.4) is 0 Å². The highest BCUT2D eigenvalue weighted by Gasteiger charge is 2.27. The van der Waals surface area contributed by atoms with Crippen LogP contribution in [0, 0.1) is 5.92 Å². The summed E-state index contributed by atoms with van der Waals surface area (Å²) in [4.78, 5) is 22.1. The molecule has 0 aliphatic carbocycles. The molecule has 0 saturated heterocycles. The highest BCUT2D eigenvalue weighted by atomic mass is 16.4. The molecule has 0 heterocycles. The Labute approximate surface area is 93.5 Å². The standard InChI is InChI=1S/C12H14O4/c1-7(2)10(12(15)16)8-5-3-4-6-9(8)11(13)14/h3-7,10H,1-2H3,(H,13,14)(H,15,16)/t10-/m0/s1. The van der Waals surface area contributed by atoms with Crippen LogP contribution in [0.15, 0.2) is 24.3 Å². The van der Waals surface area contributed by atoms with E-state index in [2.05, 4.69) is 0 Å². The number of hydrogen-bond donors (Lipinski definition) is 2. The molecule has 0 bridgehead atoms. The van der Waals surface area contributed by atoms with Crippen LogP contribution in [-0.2, 0) is 4.79 Å². The van der Waals surface area contributed by atoms with Gasteiger partial charge in [-0.25, -0.2) is 4.79 Å². The number of aromatic carboxylic acids is 1. The zero-order valence-corrected chi connectivity index (χ0v) is 9.18. The summed E-state index contributed by atoms with van der Waals surface area (Å²) in [5.74, 6) is -3.03. The molecule has 4 heteroatoms. The van der Waals surface area contributed by atoms with E-state index in [9.17, 15) is 9.59 Å². The van der Waals surface area contributed by atoms with Crippen LogP contribution in [0.1, 0.15) is 35.7 Å². The van der Waals surface area contributed by atoms with Gasteiger partial charge in [0.25, 0.3) is 0 Å². The number of hydrogen-bond acceptors (Lipinski definition) is 2. The average Bonchev–Trinajstić information content (AvgIpc) is 2.17. The molecule has 1 atom stereocenters. The Kier molecular flexibility index (Phi) is 3.66. The van der Waals surface area contributed by atoms with Crippen LogP contribution in [0.2, 0.25) is 0 Å². The van der Waals surface area contributed by atoms with Gasteiger partial charge in [-0.2, -0.15) is 0 Å². The molecule has 0 aromatic heterocycles. The summed E-state index contributed by atoms with van der Waals surface area (Å²) in [7, 11) is 0. The maximum Gasteiger partial charge on any atom is 0.335 e. The van der Waals surface area contributed by atoms with Crippen molar-refractivity contribution in [1.29, 1.82) is 0 Å². The first-order valence-corrected chi connectivity index (χ1v) is 5.00. The molecule has 0 aliphatic heterocycles. The van der Waals surface area contributed by atoms with Crippen molar-refractivity contribution in [3.05, 3.63) is 35.4 Å². The molecule has 0 radical (unpaired) electrons. The molecule has 1 aromatic carbocycles. The second-order valence-corrected chi connectivity index (χ2v) is 3.95. The summed E-state index contributed by atoms with van der Waals surface area (Å²) in [6.45, 7) is 3.52. The monoisotopic (exact) mass is 222 g/mol. The number of carboxylic acids is 2. The SMILES string of the molecule is CC(C)[C@H](C(=O)O)c1ccccc1C(=O)O. The van der Waals surface area contributed by atoms with Crippen molar-refractivity contribution in [2.24, 2.45) is 5.92 Å². The number of carboxylic acid groups (broad SMARTS) is 2. The molecule has 2 N–H and O–H groups in total. The fraction of sp³-hybridized carbons (Fsp3) is 0.333. The zero-order chi connectivity index (χ0) is 12.3. The number of benzene rings is 1. The molecule has 0 saturated carbocycles. The van der Waals surface area contributed by atoms with E-state index >= 15 is 0 Å². The lowest BCUT2D eigenvalue weighted by Gasteiger charge is -2.18. The van der Waals surface area contributed by atoms with E-state index in [1.807, 2.05) is 0 Å². The van der Waals surface area contributed by atoms with E-state index in [-0.39, 0.29) is 11.5 Å². The van der Waals surface area contributed by atoms with Gasteiger partial charge in [-0.1, -0.05) is 32.0 Å².